The molecule has 0 atom stereocenters. The van der Waals surface area contributed by atoms with Gasteiger partial charge in [-0.2, -0.15) is 0 Å². The molecular formula is C20H23ClN2O4. The van der Waals surface area contributed by atoms with E-state index in [1.165, 1.54) is 13.2 Å². The van der Waals surface area contributed by atoms with Crippen molar-refractivity contribution in [1.29, 1.82) is 0 Å². The summed E-state index contributed by atoms with van der Waals surface area (Å²) in [5.74, 6) is -0.374. The molecule has 0 unspecified atom stereocenters. The molecule has 0 saturated carbocycles. The maximum absolute atomic E-state index is 13.0. The van der Waals surface area contributed by atoms with Crippen molar-refractivity contribution in [2.45, 2.75) is 20.4 Å². The number of carbonyl (C=O) groups excluding carboxylic acids is 2. The fourth-order valence-corrected chi connectivity index (χ4v) is 2.89. The average molecular weight is 391 g/mol. The first-order valence-corrected chi connectivity index (χ1v) is 8.87. The number of carbonyl (C=O) groups is 2. The smallest absolute Gasteiger partial charge is 0.255 e. The van der Waals surface area contributed by atoms with Crippen molar-refractivity contribution in [3.63, 3.8) is 0 Å². The Morgan fingerprint density at radius 3 is 2.52 bits per heavy atom. The van der Waals surface area contributed by atoms with Gasteiger partial charge in [0.2, 0.25) is 0 Å². The number of methoxy groups -OCH3 is 1. The van der Waals surface area contributed by atoms with Gasteiger partial charge in [-0.05, 0) is 37.1 Å². The second-order valence-electron chi connectivity index (χ2n) is 5.99. The molecule has 144 valence electrons. The van der Waals surface area contributed by atoms with Gasteiger partial charge in [0.15, 0.2) is 18.1 Å². The van der Waals surface area contributed by atoms with Crippen LogP contribution in [0, 0.1) is 6.92 Å². The lowest BCUT2D eigenvalue weighted by atomic mass is 10.1. The number of hydrogen-bond acceptors (Lipinski definition) is 4. The van der Waals surface area contributed by atoms with Crippen LogP contribution in [-0.4, -0.2) is 37.0 Å². The van der Waals surface area contributed by atoms with E-state index in [1.54, 1.807) is 11.0 Å². The Bertz CT molecular complexity index is 839. The molecule has 2 N–H and O–H groups in total. The van der Waals surface area contributed by atoms with Crippen LogP contribution in [0.1, 0.15) is 28.4 Å². The summed E-state index contributed by atoms with van der Waals surface area (Å²) in [5, 5.41) is 0.172. The summed E-state index contributed by atoms with van der Waals surface area (Å²) in [6.45, 7) is 4.62. The van der Waals surface area contributed by atoms with E-state index in [4.69, 9.17) is 26.8 Å². The molecule has 2 aromatic carbocycles. The molecular weight excluding hydrogens is 368 g/mol. The van der Waals surface area contributed by atoms with Gasteiger partial charge in [-0.3, -0.25) is 9.59 Å². The van der Waals surface area contributed by atoms with Crippen LogP contribution in [0.25, 0.3) is 0 Å². The van der Waals surface area contributed by atoms with Crippen molar-refractivity contribution in [3.05, 3.63) is 58.1 Å². The molecule has 2 rings (SSSR count). The van der Waals surface area contributed by atoms with Crippen LogP contribution in [-0.2, 0) is 11.3 Å². The lowest BCUT2D eigenvalue weighted by molar-refractivity contribution is -0.119. The van der Waals surface area contributed by atoms with E-state index in [0.717, 1.165) is 11.1 Å². The average Bonchev–Trinajstić information content (AvgIpc) is 2.65. The second-order valence-corrected chi connectivity index (χ2v) is 6.40. The summed E-state index contributed by atoms with van der Waals surface area (Å²) in [4.78, 5) is 25.6. The molecule has 2 aromatic rings. The van der Waals surface area contributed by atoms with Gasteiger partial charge in [-0.15, -0.1) is 0 Å². The Hall–Kier alpha value is -2.73. The quantitative estimate of drug-likeness (QED) is 0.750. The first-order valence-electron chi connectivity index (χ1n) is 8.49. The SMILES string of the molecule is CCN(Cc1ccccc1C)C(=O)c1cc(Cl)c(OCC(N)=O)c(OC)c1. The van der Waals surface area contributed by atoms with Gasteiger partial charge in [0.1, 0.15) is 0 Å². The van der Waals surface area contributed by atoms with E-state index in [-0.39, 0.29) is 29.0 Å². The Kier molecular flexibility index (Phi) is 7.07. The molecule has 0 spiro atoms. The number of rotatable bonds is 8. The minimum Gasteiger partial charge on any atom is -0.493 e. The highest BCUT2D eigenvalue weighted by Crippen LogP contribution is 2.36. The van der Waals surface area contributed by atoms with Crippen LogP contribution in [0.3, 0.4) is 0 Å². The topological polar surface area (TPSA) is 81.9 Å². The number of primary amides is 1. The number of hydrogen-bond donors (Lipinski definition) is 1. The number of nitrogens with zero attached hydrogens (tertiary/aromatic N) is 1. The van der Waals surface area contributed by atoms with Crippen LogP contribution in [0.4, 0.5) is 0 Å². The summed E-state index contributed by atoms with van der Waals surface area (Å²) in [6, 6.07) is 11.0. The van der Waals surface area contributed by atoms with E-state index in [0.29, 0.717) is 18.7 Å². The van der Waals surface area contributed by atoms with Crippen LogP contribution < -0.4 is 15.2 Å². The maximum atomic E-state index is 13.0. The molecule has 2 amide bonds. The van der Waals surface area contributed by atoms with Crippen molar-refractivity contribution in [2.24, 2.45) is 5.73 Å². The van der Waals surface area contributed by atoms with Gasteiger partial charge in [0.05, 0.1) is 12.1 Å². The van der Waals surface area contributed by atoms with E-state index in [2.05, 4.69) is 0 Å². The van der Waals surface area contributed by atoms with Gasteiger partial charge in [-0.1, -0.05) is 35.9 Å². The van der Waals surface area contributed by atoms with Crippen molar-refractivity contribution < 1.29 is 19.1 Å². The Morgan fingerprint density at radius 2 is 1.93 bits per heavy atom. The summed E-state index contributed by atoms with van der Waals surface area (Å²) in [5.41, 5.74) is 7.66. The summed E-state index contributed by atoms with van der Waals surface area (Å²) >= 11 is 6.25. The van der Waals surface area contributed by atoms with Crippen molar-refractivity contribution >= 4 is 23.4 Å². The second kappa shape index (κ2) is 9.28. The molecule has 0 aromatic heterocycles. The molecule has 27 heavy (non-hydrogen) atoms. The van der Waals surface area contributed by atoms with Crippen LogP contribution in [0.5, 0.6) is 11.5 Å². The van der Waals surface area contributed by atoms with Gasteiger partial charge in [-0.25, -0.2) is 0 Å². The number of amides is 2. The Balaban J connectivity index is 2.29. The normalized spacial score (nSPS) is 10.4. The largest absolute Gasteiger partial charge is 0.493 e. The zero-order chi connectivity index (χ0) is 20.0. The lowest BCUT2D eigenvalue weighted by Gasteiger charge is -2.23. The molecule has 0 aliphatic rings. The highest BCUT2D eigenvalue weighted by atomic mass is 35.5. The van der Waals surface area contributed by atoms with Crippen LogP contribution in [0.2, 0.25) is 5.02 Å². The molecule has 6 nitrogen and oxygen atoms in total. The van der Waals surface area contributed by atoms with Crippen molar-refractivity contribution in [1.82, 2.24) is 4.90 Å². The number of nitrogens with two attached hydrogens (primary N) is 1. The van der Waals surface area contributed by atoms with Gasteiger partial charge < -0.3 is 20.1 Å². The molecule has 0 radical (unpaired) electrons. The predicted molar refractivity (Wildman–Crippen MR) is 104 cm³/mol. The number of aryl methyl sites for hydroxylation is 1. The van der Waals surface area contributed by atoms with E-state index < -0.39 is 5.91 Å². The molecule has 0 bridgehead atoms. The Morgan fingerprint density at radius 1 is 1.22 bits per heavy atom. The molecule has 0 fully saturated rings. The molecule has 0 aliphatic carbocycles. The lowest BCUT2D eigenvalue weighted by Crippen LogP contribution is -2.30. The van der Waals surface area contributed by atoms with Crippen molar-refractivity contribution in [2.75, 3.05) is 20.3 Å². The van der Waals surface area contributed by atoms with E-state index in [9.17, 15) is 9.59 Å². The molecule has 0 saturated heterocycles. The predicted octanol–water partition coefficient (Wildman–Crippen LogP) is 3.18. The van der Waals surface area contributed by atoms with Gasteiger partial charge >= 0.3 is 0 Å². The van der Waals surface area contributed by atoms with Crippen molar-refractivity contribution in [3.8, 4) is 11.5 Å². The highest BCUT2D eigenvalue weighted by Gasteiger charge is 2.20. The first kappa shape index (κ1) is 20.6. The molecule has 0 heterocycles. The molecule has 7 heteroatoms. The third kappa shape index (κ3) is 5.14. The summed E-state index contributed by atoms with van der Waals surface area (Å²) < 4.78 is 10.6. The summed E-state index contributed by atoms with van der Waals surface area (Å²) in [7, 11) is 1.43. The zero-order valence-corrected chi connectivity index (χ0v) is 16.4. The minimum atomic E-state index is -0.635. The van der Waals surface area contributed by atoms with E-state index >= 15 is 0 Å². The fraction of sp³-hybridized carbons (Fsp3) is 0.300. The first-order chi connectivity index (χ1) is 12.9. The third-order valence-corrected chi connectivity index (χ3v) is 4.41. The van der Waals surface area contributed by atoms with Gasteiger partial charge in [0, 0.05) is 18.7 Å². The maximum Gasteiger partial charge on any atom is 0.255 e. The molecule has 0 aliphatic heterocycles. The number of benzene rings is 2. The number of ether oxygens (including phenoxy) is 2. The minimum absolute atomic E-state index is 0.172. The Labute approximate surface area is 163 Å². The zero-order valence-electron chi connectivity index (χ0n) is 15.6. The standard InChI is InChI=1S/C20H23ClN2O4/c1-4-23(11-14-8-6-5-7-13(14)2)20(25)15-9-16(21)19(17(10-15)26-3)27-12-18(22)24/h5-10H,4,11-12H2,1-3H3,(H2,22,24). The highest BCUT2D eigenvalue weighted by molar-refractivity contribution is 6.32. The van der Waals surface area contributed by atoms with Crippen LogP contribution >= 0.6 is 11.6 Å². The monoisotopic (exact) mass is 390 g/mol. The van der Waals surface area contributed by atoms with E-state index in [1.807, 2.05) is 38.1 Å². The van der Waals surface area contributed by atoms with Crippen LogP contribution in [0.15, 0.2) is 36.4 Å². The van der Waals surface area contributed by atoms with Gasteiger partial charge in [0.25, 0.3) is 11.8 Å². The number of halogens is 1. The summed E-state index contributed by atoms with van der Waals surface area (Å²) in [6.07, 6.45) is 0. The third-order valence-electron chi connectivity index (χ3n) is 4.13. The fourth-order valence-electron chi connectivity index (χ4n) is 2.63.